The summed E-state index contributed by atoms with van der Waals surface area (Å²) >= 11 is 0. The van der Waals surface area contributed by atoms with E-state index in [0.29, 0.717) is 12.1 Å². The zero-order valence-electron chi connectivity index (χ0n) is 11.9. The lowest BCUT2D eigenvalue weighted by molar-refractivity contribution is 0.122. The van der Waals surface area contributed by atoms with Gasteiger partial charge in [0.2, 0.25) is 0 Å². The first-order valence-corrected chi connectivity index (χ1v) is 7.32. The van der Waals surface area contributed by atoms with Crippen LogP contribution in [0, 0.1) is 0 Å². The summed E-state index contributed by atoms with van der Waals surface area (Å²) in [5.41, 5.74) is 0. The SMILES string of the molecule is CCCN1CCCC(NC(C)COCC)CC1. The quantitative estimate of drug-likeness (QED) is 0.741. The van der Waals surface area contributed by atoms with Gasteiger partial charge in [0.05, 0.1) is 6.61 Å². The molecule has 0 spiro atoms. The van der Waals surface area contributed by atoms with Gasteiger partial charge < -0.3 is 15.0 Å². The van der Waals surface area contributed by atoms with Crippen molar-refractivity contribution < 1.29 is 4.74 Å². The molecule has 0 amide bonds. The van der Waals surface area contributed by atoms with Crippen LogP contribution in [-0.2, 0) is 4.74 Å². The van der Waals surface area contributed by atoms with E-state index in [0.717, 1.165) is 13.2 Å². The summed E-state index contributed by atoms with van der Waals surface area (Å²) in [5, 5.41) is 3.70. The third-order valence-electron chi connectivity index (χ3n) is 3.45. The fourth-order valence-electron chi connectivity index (χ4n) is 2.61. The Bertz CT molecular complexity index is 187. The smallest absolute Gasteiger partial charge is 0.0616 e. The van der Waals surface area contributed by atoms with E-state index in [4.69, 9.17) is 4.74 Å². The molecule has 1 fully saturated rings. The molecule has 1 aliphatic rings. The van der Waals surface area contributed by atoms with Crippen LogP contribution in [0.3, 0.4) is 0 Å². The molecule has 3 heteroatoms. The second-order valence-corrected chi connectivity index (χ2v) is 5.20. The van der Waals surface area contributed by atoms with Crippen LogP contribution in [-0.4, -0.2) is 49.8 Å². The first kappa shape index (κ1) is 14.9. The fraction of sp³-hybridized carbons (Fsp3) is 1.00. The van der Waals surface area contributed by atoms with Crippen LogP contribution < -0.4 is 5.32 Å². The largest absolute Gasteiger partial charge is 0.380 e. The summed E-state index contributed by atoms with van der Waals surface area (Å²) < 4.78 is 5.45. The maximum atomic E-state index is 5.45. The van der Waals surface area contributed by atoms with E-state index in [1.54, 1.807) is 0 Å². The van der Waals surface area contributed by atoms with E-state index < -0.39 is 0 Å². The highest BCUT2D eigenvalue weighted by atomic mass is 16.5. The standard InChI is InChI=1S/C14H30N2O/c1-4-9-16-10-6-7-14(8-11-16)15-13(3)12-17-5-2/h13-15H,4-12H2,1-3H3. The summed E-state index contributed by atoms with van der Waals surface area (Å²) in [7, 11) is 0. The molecule has 0 aromatic heterocycles. The van der Waals surface area contributed by atoms with E-state index >= 15 is 0 Å². The highest BCUT2D eigenvalue weighted by Gasteiger charge is 2.17. The molecule has 0 aliphatic carbocycles. The lowest BCUT2D eigenvalue weighted by Crippen LogP contribution is -2.39. The van der Waals surface area contributed by atoms with Crippen LogP contribution in [0.4, 0.5) is 0 Å². The normalized spacial score (nSPS) is 24.5. The highest BCUT2D eigenvalue weighted by Crippen LogP contribution is 2.12. The molecule has 0 bridgehead atoms. The number of nitrogens with one attached hydrogen (secondary N) is 1. The van der Waals surface area contributed by atoms with E-state index in [-0.39, 0.29) is 0 Å². The molecule has 2 atom stereocenters. The molecule has 1 N–H and O–H groups in total. The Hall–Kier alpha value is -0.120. The molecule has 1 aliphatic heterocycles. The summed E-state index contributed by atoms with van der Waals surface area (Å²) in [6.45, 7) is 12.0. The van der Waals surface area contributed by atoms with Crippen LogP contribution in [0.15, 0.2) is 0 Å². The van der Waals surface area contributed by atoms with Gasteiger partial charge in [0.1, 0.15) is 0 Å². The molecule has 0 aromatic rings. The van der Waals surface area contributed by atoms with E-state index in [2.05, 4.69) is 31.0 Å². The van der Waals surface area contributed by atoms with Gasteiger partial charge in [-0.2, -0.15) is 0 Å². The van der Waals surface area contributed by atoms with Crippen LogP contribution >= 0.6 is 0 Å². The predicted octanol–water partition coefficient (Wildman–Crippen LogP) is 2.27. The van der Waals surface area contributed by atoms with Crippen molar-refractivity contribution in [3.05, 3.63) is 0 Å². The molecular weight excluding hydrogens is 212 g/mol. The lowest BCUT2D eigenvalue weighted by atomic mass is 10.1. The van der Waals surface area contributed by atoms with Gasteiger partial charge in [-0.25, -0.2) is 0 Å². The third-order valence-corrected chi connectivity index (χ3v) is 3.45. The van der Waals surface area contributed by atoms with Gasteiger partial charge in [-0.15, -0.1) is 0 Å². The second kappa shape index (κ2) is 8.90. The summed E-state index contributed by atoms with van der Waals surface area (Å²) in [4.78, 5) is 2.61. The number of rotatable bonds is 7. The van der Waals surface area contributed by atoms with E-state index in [1.165, 1.54) is 45.3 Å². The Balaban J connectivity index is 2.21. The van der Waals surface area contributed by atoms with E-state index in [1.807, 2.05) is 0 Å². The minimum atomic E-state index is 0.484. The number of likely N-dealkylation sites (tertiary alicyclic amines) is 1. The van der Waals surface area contributed by atoms with Crippen molar-refractivity contribution in [2.45, 2.75) is 58.5 Å². The molecule has 17 heavy (non-hydrogen) atoms. The summed E-state index contributed by atoms with van der Waals surface area (Å²) in [6, 6.07) is 1.17. The Kier molecular flexibility index (Phi) is 7.82. The maximum absolute atomic E-state index is 5.45. The fourth-order valence-corrected chi connectivity index (χ4v) is 2.61. The van der Waals surface area contributed by atoms with Crippen molar-refractivity contribution >= 4 is 0 Å². The predicted molar refractivity (Wildman–Crippen MR) is 73.5 cm³/mol. The summed E-state index contributed by atoms with van der Waals surface area (Å²) in [5.74, 6) is 0. The van der Waals surface area contributed by atoms with Gasteiger partial charge in [0.15, 0.2) is 0 Å². The van der Waals surface area contributed by atoms with Crippen LogP contribution in [0.1, 0.15) is 46.5 Å². The van der Waals surface area contributed by atoms with Crippen molar-refractivity contribution in [2.75, 3.05) is 32.8 Å². The van der Waals surface area contributed by atoms with Gasteiger partial charge in [-0.05, 0) is 59.2 Å². The number of hydrogen-bond donors (Lipinski definition) is 1. The van der Waals surface area contributed by atoms with Crippen LogP contribution in [0.5, 0.6) is 0 Å². The minimum Gasteiger partial charge on any atom is -0.380 e. The first-order chi connectivity index (χ1) is 8.26. The lowest BCUT2D eigenvalue weighted by Gasteiger charge is -2.22. The average Bonchev–Trinajstić information content (AvgIpc) is 2.53. The van der Waals surface area contributed by atoms with Gasteiger partial charge in [0, 0.05) is 18.7 Å². The zero-order valence-corrected chi connectivity index (χ0v) is 11.9. The Morgan fingerprint density at radius 2 is 2.12 bits per heavy atom. The monoisotopic (exact) mass is 242 g/mol. The highest BCUT2D eigenvalue weighted by molar-refractivity contribution is 4.77. The van der Waals surface area contributed by atoms with Crippen molar-refractivity contribution in [1.29, 1.82) is 0 Å². The number of hydrogen-bond acceptors (Lipinski definition) is 3. The Morgan fingerprint density at radius 1 is 1.29 bits per heavy atom. The van der Waals surface area contributed by atoms with Crippen molar-refractivity contribution in [1.82, 2.24) is 10.2 Å². The van der Waals surface area contributed by atoms with Crippen molar-refractivity contribution in [3.63, 3.8) is 0 Å². The topological polar surface area (TPSA) is 24.5 Å². The molecule has 0 aromatic carbocycles. The number of ether oxygens (including phenoxy) is 1. The number of nitrogens with zero attached hydrogens (tertiary/aromatic N) is 1. The third kappa shape index (κ3) is 6.39. The van der Waals surface area contributed by atoms with E-state index in [9.17, 15) is 0 Å². The van der Waals surface area contributed by atoms with Gasteiger partial charge in [0.25, 0.3) is 0 Å². The second-order valence-electron chi connectivity index (χ2n) is 5.20. The zero-order chi connectivity index (χ0) is 12.5. The molecule has 102 valence electrons. The average molecular weight is 242 g/mol. The van der Waals surface area contributed by atoms with Crippen LogP contribution in [0.25, 0.3) is 0 Å². The Morgan fingerprint density at radius 3 is 2.82 bits per heavy atom. The molecular formula is C14H30N2O. The molecule has 0 saturated carbocycles. The summed E-state index contributed by atoms with van der Waals surface area (Å²) in [6.07, 6.45) is 5.21. The van der Waals surface area contributed by atoms with Crippen LogP contribution in [0.2, 0.25) is 0 Å². The molecule has 1 rings (SSSR count). The molecule has 1 saturated heterocycles. The Labute approximate surface area is 107 Å². The maximum Gasteiger partial charge on any atom is 0.0616 e. The van der Waals surface area contributed by atoms with Gasteiger partial charge in [-0.3, -0.25) is 0 Å². The molecule has 1 heterocycles. The molecule has 2 unspecified atom stereocenters. The molecule has 0 radical (unpaired) electrons. The van der Waals surface area contributed by atoms with Crippen molar-refractivity contribution in [3.8, 4) is 0 Å². The van der Waals surface area contributed by atoms with Gasteiger partial charge in [-0.1, -0.05) is 6.92 Å². The minimum absolute atomic E-state index is 0.484. The first-order valence-electron chi connectivity index (χ1n) is 7.32. The van der Waals surface area contributed by atoms with Crippen molar-refractivity contribution in [2.24, 2.45) is 0 Å². The van der Waals surface area contributed by atoms with Gasteiger partial charge >= 0.3 is 0 Å². The molecule has 3 nitrogen and oxygen atoms in total.